The second-order valence-electron chi connectivity index (χ2n) is 6.70. The minimum atomic E-state index is -3.23. The maximum absolute atomic E-state index is 11.7. The van der Waals surface area contributed by atoms with Gasteiger partial charge in [0.2, 0.25) is 0 Å². The number of sulfone groups is 1. The lowest BCUT2D eigenvalue weighted by Gasteiger charge is -2.12. The van der Waals surface area contributed by atoms with E-state index < -0.39 is 9.84 Å². The summed E-state index contributed by atoms with van der Waals surface area (Å²) < 4.78 is 23.5. The number of benzene rings is 2. The summed E-state index contributed by atoms with van der Waals surface area (Å²) in [7, 11) is -1.62. The molecule has 2 aromatic rings. The van der Waals surface area contributed by atoms with Crippen molar-refractivity contribution in [2.75, 3.05) is 19.8 Å². The van der Waals surface area contributed by atoms with Crippen molar-refractivity contribution in [1.82, 2.24) is 16.0 Å². The molecule has 0 bridgehead atoms. The van der Waals surface area contributed by atoms with E-state index in [4.69, 9.17) is 0 Å². The van der Waals surface area contributed by atoms with E-state index >= 15 is 0 Å². The van der Waals surface area contributed by atoms with Gasteiger partial charge in [0, 0.05) is 32.0 Å². The molecule has 0 saturated carbocycles. The van der Waals surface area contributed by atoms with Crippen molar-refractivity contribution in [2.45, 2.75) is 31.8 Å². The van der Waals surface area contributed by atoms with Crippen LogP contribution in [-0.4, -0.2) is 40.1 Å². The van der Waals surface area contributed by atoms with E-state index in [2.05, 4.69) is 20.9 Å². The summed E-state index contributed by atoms with van der Waals surface area (Å²) in [6, 6.07) is 12.6. The van der Waals surface area contributed by atoms with Gasteiger partial charge in [-0.2, -0.15) is 0 Å². The minimum absolute atomic E-state index is 0.114. The Labute approximate surface area is 172 Å². The van der Waals surface area contributed by atoms with Gasteiger partial charge in [0.05, 0.1) is 11.4 Å². The molecule has 0 aromatic heterocycles. The molecule has 0 radical (unpaired) electrons. The molecule has 29 heavy (non-hydrogen) atoms. The monoisotopic (exact) mass is 416 g/mol. The number of aryl methyl sites for hydroxylation is 1. The Bertz CT molecular complexity index is 983. The molecule has 156 valence electrons. The van der Waals surface area contributed by atoms with Crippen molar-refractivity contribution in [1.29, 1.82) is 0 Å². The Kier molecular flexibility index (Phi) is 7.78. The predicted octanol–water partition coefficient (Wildman–Crippen LogP) is 2.01. The van der Waals surface area contributed by atoms with Gasteiger partial charge in [-0.1, -0.05) is 24.3 Å². The van der Waals surface area contributed by atoms with Gasteiger partial charge in [-0.3, -0.25) is 4.79 Å². The number of hydrogen-bond donors (Lipinski definition) is 3. The molecule has 0 heterocycles. The fraction of sp³-hybridized carbons (Fsp3) is 0.333. The zero-order valence-corrected chi connectivity index (χ0v) is 18.1. The average Bonchev–Trinajstić information content (AvgIpc) is 2.69. The lowest BCUT2D eigenvalue weighted by Crippen LogP contribution is -2.36. The number of guanidine groups is 1. The number of nitrogens with one attached hydrogen (secondary N) is 3. The zero-order valence-electron chi connectivity index (χ0n) is 17.2. The molecule has 0 spiro atoms. The van der Waals surface area contributed by atoms with Crippen LogP contribution in [0.3, 0.4) is 0 Å². The lowest BCUT2D eigenvalue weighted by atomic mass is 10.1. The van der Waals surface area contributed by atoms with Gasteiger partial charge in [0.15, 0.2) is 15.8 Å². The van der Waals surface area contributed by atoms with Gasteiger partial charge in [-0.05, 0) is 48.7 Å². The number of hydrogen-bond acceptors (Lipinski definition) is 4. The van der Waals surface area contributed by atoms with Crippen LogP contribution in [0.25, 0.3) is 0 Å². The normalized spacial score (nSPS) is 11.8. The van der Waals surface area contributed by atoms with Crippen molar-refractivity contribution >= 4 is 21.7 Å². The second-order valence-corrected chi connectivity index (χ2v) is 8.68. The van der Waals surface area contributed by atoms with Crippen molar-refractivity contribution in [3.8, 4) is 0 Å². The summed E-state index contributed by atoms with van der Waals surface area (Å²) in [5.74, 6) is 0.546. The standard InChI is InChI=1S/C21H28N4O3S/c1-5-23-21(24-13-16-6-9-18(10-7-16)20(26)22-3)25-14-17-8-11-19(15(2)12-17)29(4,27)28/h6-12H,5,13-14H2,1-4H3,(H,22,26)(H2,23,24,25). The molecule has 0 atom stereocenters. The Morgan fingerprint density at radius 2 is 1.69 bits per heavy atom. The number of carbonyl (C=O) groups is 1. The van der Waals surface area contributed by atoms with Crippen LogP contribution >= 0.6 is 0 Å². The van der Waals surface area contributed by atoms with E-state index in [1.807, 2.05) is 25.1 Å². The highest BCUT2D eigenvalue weighted by Crippen LogP contribution is 2.17. The molecule has 0 aliphatic heterocycles. The van der Waals surface area contributed by atoms with Crippen LogP contribution in [-0.2, 0) is 22.9 Å². The van der Waals surface area contributed by atoms with E-state index in [0.717, 1.165) is 16.7 Å². The predicted molar refractivity (Wildman–Crippen MR) is 116 cm³/mol. The first-order valence-electron chi connectivity index (χ1n) is 9.37. The number of rotatable bonds is 7. The van der Waals surface area contributed by atoms with Crippen LogP contribution in [0.15, 0.2) is 52.4 Å². The van der Waals surface area contributed by atoms with Crippen LogP contribution in [0, 0.1) is 6.92 Å². The van der Waals surface area contributed by atoms with E-state index in [1.54, 1.807) is 38.2 Å². The van der Waals surface area contributed by atoms with Gasteiger partial charge in [-0.15, -0.1) is 0 Å². The van der Waals surface area contributed by atoms with Crippen molar-refractivity contribution in [3.63, 3.8) is 0 Å². The van der Waals surface area contributed by atoms with Gasteiger partial charge >= 0.3 is 0 Å². The van der Waals surface area contributed by atoms with E-state index in [1.165, 1.54) is 6.26 Å². The zero-order chi connectivity index (χ0) is 21.4. The van der Waals surface area contributed by atoms with Gasteiger partial charge in [0.1, 0.15) is 0 Å². The fourth-order valence-corrected chi connectivity index (χ4v) is 3.80. The SMILES string of the molecule is CCNC(=NCc1ccc(S(C)(=O)=O)c(C)c1)NCc1ccc(C(=O)NC)cc1. The largest absolute Gasteiger partial charge is 0.357 e. The van der Waals surface area contributed by atoms with Crippen LogP contribution in [0.2, 0.25) is 0 Å². The highest BCUT2D eigenvalue weighted by atomic mass is 32.2. The van der Waals surface area contributed by atoms with Gasteiger partial charge < -0.3 is 16.0 Å². The molecule has 2 aromatic carbocycles. The van der Waals surface area contributed by atoms with Gasteiger partial charge in [0.25, 0.3) is 5.91 Å². The Morgan fingerprint density at radius 1 is 1.03 bits per heavy atom. The van der Waals surface area contributed by atoms with E-state index in [9.17, 15) is 13.2 Å². The molecule has 1 amide bonds. The van der Waals surface area contributed by atoms with Crippen LogP contribution in [0.5, 0.6) is 0 Å². The third-order valence-electron chi connectivity index (χ3n) is 4.31. The molecular weight excluding hydrogens is 388 g/mol. The Balaban J connectivity index is 2.04. The lowest BCUT2D eigenvalue weighted by molar-refractivity contribution is 0.0963. The molecule has 0 aliphatic carbocycles. The summed E-state index contributed by atoms with van der Waals surface area (Å²) in [6.07, 6.45) is 1.21. The maximum Gasteiger partial charge on any atom is 0.251 e. The van der Waals surface area contributed by atoms with Crippen LogP contribution < -0.4 is 16.0 Å². The van der Waals surface area contributed by atoms with Gasteiger partial charge in [-0.25, -0.2) is 13.4 Å². The highest BCUT2D eigenvalue weighted by molar-refractivity contribution is 7.90. The molecule has 0 unspecified atom stereocenters. The first kappa shape index (κ1) is 22.4. The molecule has 3 N–H and O–H groups in total. The minimum Gasteiger partial charge on any atom is -0.357 e. The molecule has 0 saturated heterocycles. The third kappa shape index (κ3) is 6.60. The third-order valence-corrected chi connectivity index (χ3v) is 5.56. The van der Waals surface area contributed by atoms with Crippen molar-refractivity contribution < 1.29 is 13.2 Å². The van der Waals surface area contributed by atoms with E-state index in [-0.39, 0.29) is 5.91 Å². The number of nitrogens with zero attached hydrogens (tertiary/aromatic N) is 1. The summed E-state index contributed by atoms with van der Waals surface area (Å²) in [5, 5.41) is 9.05. The first-order valence-corrected chi connectivity index (χ1v) is 11.3. The Morgan fingerprint density at radius 3 is 2.24 bits per heavy atom. The quantitative estimate of drug-likeness (QED) is 0.474. The first-order chi connectivity index (χ1) is 13.7. The Hall–Kier alpha value is -2.87. The molecule has 8 heteroatoms. The number of aliphatic imine (C=N–C) groups is 1. The summed E-state index contributed by atoms with van der Waals surface area (Å²) >= 11 is 0. The molecular formula is C21H28N4O3S. The molecule has 0 fully saturated rings. The average molecular weight is 417 g/mol. The molecule has 2 rings (SSSR count). The van der Waals surface area contributed by atoms with Crippen LogP contribution in [0.4, 0.5) is 0 Å². The fourth-order valence-electron chi connectivity index (χ4n) is 2.84. The smallest absolute Gasteiger partial charge is 0.251 e. The van der Waals surface area contributed by atoms with Crippen molar-refractivity contribution in [3.05, 3.63) is 64.7 Å². The number of carbonyl (C=O) groups excluding carboxylic acids is 1. The summed E-state index contributed by atoms with van der Waals surface area (Å²) in [6.45, 7) is 5.48. The summed E-state index contributed by atoms with van der Waals surface area (Å²) in [5.41, 5.74) is 3.29. The molecule has 7 nitrogen and oxygen atoms in total. The molecule has 0 aliphatic rings. The summed E-state index contributed by atoms with van der Waals surface area (Å²) in [4.78, 5) is 16.5. The van der Waals surface area contributed by atoms with E-state index in [0.29, 0.717) is 36.1 Å². The number of amides is 1. The van der Waals surface area contributed by atoms with Crippen LogP contribution in [0.1, 0.15) is 34.0 Å². The maximum atomic E-state index is 11.7. The highest BCUT2D eigenvalue weighted by Gasteiger charge is 2.10. The van der Waals surface area contributed by atoms with Crippen molar-refractivity contribution in [2.24, 2.45) is 4.99 Å². The topological polar surface area (TPSA) is 99.7 Å². The second kappa shape index (κ2) is 10.1.